The smallest absolute Gasteiger partial charge is 0.268 e. The second-order valence-corrected chi connectivity index (χ2v) is 7.99. The van der Waals surface area contributed by atoms with E-state index in [9.17, 15) is 9.59 Å². The van der Waals surface area contributed by atoms with E-state index in [-0.39, 0.29) is 11.1 Å². The molecule has 0 aliphatic heterocycles. The molecular weight excluding hydrogens is 326 g/mol. The number of pyridine rings is 2. The van der Waals surface area contributed by atoms with E-state index >= 15 is 0 Å². The fourth-order valence-electron chi connectivity index (χ4n) is 5.28. The van der Waals surface area contributed by atoms with Gasteiger partial charge in [-0.25, -0.2) is 0 Å². The monoisotopic (exact) mass is 353 g/mol. The number of H-pyrrole nitrogens is 1. The minimum absolute atomic E-state index is 0.0581. The van der Waals surface area contributed by atoms with Crippen molar-refractivity contribution in [3.8, 4) is 0 Å². The van der Waals surface area contributed by atoms with Crippen LogP contribution in [0.25, 0.3) is 10.9 Å². The minimum Gasteiger partial charge on any atom is -0.364 e. The molecule has 0 radical (unpaired) electrons. The van der Waals surface area contributed by atoms with E-state index in [1.165, 1.54) is 51.4 Å². The van der Waals surface area contributed by atoms with Crippen LogP contribution in [0.4, 0.5) is 0 Å². The maximum Gasteiger partial charge on any atom is 0.268 e. The lowest BCUT2D eigenvalue weighted by molar-refractivity contribution is 0.0997. The van der Waals surface area contributed by atoms with Crippen LogP contribution in [0.15, 0.2) is 23.1 Å². The summed E-state index contributed by atoms with van der Waals surface area (Å²) in [5.74, 6) is 1.20. The number of nitrogens with two attached hydrogens (primary N) is 1. The van der Waals surface area contributed by atoms with Gasteiger partial charge in [-0.05, 0) is 30.7 Å². The molecular formula is C21H27N3O2. The Kier molecular flexibility index (Phi) is 4.79. The Labute approximate surface area is 153 Å². The lowest BCUT2D eigenvalue weighted by Gasteiger charge is -2.39. The van der Waals surface area contributed by atoms with Crippen LogP contribution in [0.1, 0.15) is 79.9 Å². The molecule has 2 atom stereocenters. The summed E-state index contributed by atoms with van der Waals surface area (Å²) in [5, 5.41) is 0.314. The predicted molar refractivity (Wildman–Crippen MR) is 102 cm³/mol. The molecule has 2 aliphatic rings. The van der Waals surface area contributed by atoms with Crippen molar-refractivity contribution in [3.05, 3.63) is 39.9 Å². The molecule has 1 unspecified atom stereocenters. The number of hydrogen-bond acceptors (Lipinski definition) is 3. The zero-order chi connectivity index (χ0) is 18.1. The topological polar surface area (TPSA) is 88.8 Å². The highest BCUT2D eigenvalue weighted by molar-refractivity contribution is 6.03. The number of amides is 1. The number of fused-ring (bicyclic) bond motifs is 1. The SMILES string of the molecule is NC(=O)c1nccc2[nH]c([C@@H]3CCCCC3C3CCCCC3)cc(=O)c12. The normalized spacial score (nSPS) is 24.6. The van der Waals surface area contributed by atoms with Crippen LogP contribution in [-0.2, 0) is 0 Å². The van der Waals surface area contributed by atoms with Gasteiger partial charge >= 0.3 is 0 Å². The Balaban J connectivity index is 1.75. The maximum atomic E-state index is 12.8. The zero-order valence-electron chi connectivity index (χ0n) is 15.2. The first-order valence-electron chi connectivity index (χ1n) is 9.97. The van der Waals surface area contributed by atoms with Gasteiger partial charge in [0.15, 0.2) is 5.43 Å². The Morgan fingerprint density at radius 3 is 2.58 bits per heavy atom. The summed E-state index contributed by atoms with van der Waals surface area (Å²) >= 11 is 0. The molecule has 138 valence electrons. The Hall–Kier alpha value is -2.17. The van der Waals surface area contributed by atoms with Gasteiger partial charge in [0.2, 0.25) is 0 Å². The number of primary amides is 1. The van der Waals surface area contributed by atoms with E-state index in [0.717, 1.165) is 18.0 Å². The van der Waals surface area contributed by atoms with Crippen molar-refractivity contribution >= 4 is 16.8 Å². The van der Waals surface area contributed by atoms with Crippen LogP contribution in [0.5, 0.6) is 0 Å². The highest BCUT2D eigenvalue weighted by Crippen LogP contribution is 2.45. The van der Waals surface area contributed by atoms with Crippen LogP contribution in [0, 0.1) is 11.8 Å². The molecule has 0 bridgehead atoms. The molecule has 2 saturated carbocycles. The van der Waals surface area contributed by atoms with E-state index in [2.05, 4.69) is 9.97 Å². The average Bonchev–Trinajstić information content (AvgIpc) is 2.68. The summed E-state index contributed by atoms with van der Waals surface area (Å²) in [5.41, 5.74) is 7.00. The van der Waals surface area contributed by atoms with E-state index < -0.39 is 5.91 Å². The summed E-state index contributed by atoms with van der Waals surface area (Å²) in [6, 6.07) is 3.47. The molecule has 1 amide bonds. The Bertz CT molecular complexity index is 867. The largest absolute Gasteiger partial charge is 0.364 e. The molecule has 2 aromatic heterocycles. The number of nitrogens with zero attached hydrogens (tertiary/aromatic N) is 1. The molecule has 5 nitrogen and oxygen atoms in total. The summed E-state index contributed by atoms with van der Waals surface area (Å²) in [7, 11) is 0. The average molecular weight is 353 g/mol. The second kappa shape index (κ2) is 7.22. The van der Waals surface area contributed by atoms with Crippen LogP contribution in [0.3, 0.4) is 0 Å². The van der Waals surface area contributed by atoms with E-state index in [0.29, 0.717) is 22.7 Å². The van der Waals surface area contributed by atoms with Gasteiger partial charge in [0, 0.05) is 23.9 Å². The van der Waals surface area contributed by atoms with Gasteiger partial charge in [-0.1, -0.05) is 44.9 Å². The molecule has 0 spiro atoms. The molecule has 3 N–H and O–H groups in total. The molecule has 4 rings (SSSR count). The lowest BCUT2D eigenvalue weighted by atomic mass is 9.67. The van der Waals surface area contributed by atoms with E-state index in [1.54, 1.807) is 18.3 Å². The van der Waals surface area contributed by atoms with Crippen LogP contribution in [0.2, 0.25) is 0 Å². The fourth-order valence-corrected chi connectivity index (χ4v) is 5.28. The standard InChI is InChI=1S/C21H27N3O2/c22-21(26)20-19-16(10-11-23-20)24-17(12-18(19)25)15-9-5-4-8-14(15)13-6-2-1-3-7-13/h10-15H,1-9H2,(H2,22,26)(H,24,25)/t14?,15-/m1/s1. The molecule has 2 heterocycles. The molecule has 2 aliphatic carbocycles. The molecule has 5 heteroatoms. The van der Waals surface area contributed by atoms with Gasteiger partial charge in [-0.3, -0.25) is 14.6 Å². The van der Waals surface area contributed by atoms with Crippen LogP contribution >= 0.6 is 0 Å². The first kappa shape index (κ1) is 17.3. The molecule has 26 heavy (non-hydrogen) atoms. The number of hydrogen-bond donors (Lipinski definition) is 2. The van der Waals surface area contributed by atoms with Gasteiger partial charge in [-0.15, -0.1) is 0 Å². The summed E-state index contributed by atoms with van der Waals surface area (Å²) < 4.78 is 0. The minimum atomic E-state index is -0.661. The molecule has 0 aromatic carbocycles. The van der Waals surface area contributed by atoms with Gasteiger partial charge in [0.05, 0.1) is 10.9 Å². The predicted octanol–water partition coefficient (Wildman–Crippen LogP) is 3.88. The Morgan fingerprint density at radius 2 is 1.81 bits per heavy atom. The number of aromatic amines is 1. The van der Waals surface area contributed by atoms with Crippen molar-refractivity contribution in [2.75, 3.05) is 0 Å². The van der Waals surface area contributed by atoms with E-state index in [4.69, 9.17) is 5.73 Å². The highest BCUT2D eigenvalue weighted by atomic mass is 16.1. The van der Waals surface area contributed by atoms with Crippen molar-refractivity contribution in [2.24, 2.45) is 17.6 Å². The van der Waals surface area contributed by atoms with Gasteiger partial charge in [-0.2, -0.15) is 0 Å². The van der Waals surface area contributed by atoms with Crippen LogP contribution < -0.4 is 11.2 Å². The third kappa shape index (κ3) is 3.15. The first-order chi connectivity index (χ1) is 12.6. The third-order valence-corrected chi connectivity index (χ3v) is 6.47. The van der Waals surface area contributed by atoms with Crippen LogP contribution in [-0.4, -0.2) is 15.9 Å². The summed E-state index contributed by atoms with van der Waals surface area (Å²) in [6.45, 7) is 0. The van der Waals surface area contributed by atoms with Crippen molar-refractivity contribution in [1.29, 1.82) is 0 Å². The molecule has 2 aromatic rings. The lowest BCUT2D eigenvalue weighted by Crippen LogP contribution is -2.28. The van der Waals surface area contributed by atoms with E-state index in [1.807, 2.05) is 0 Å². The third-order valence-electron chi connectivity index (χ3n) is 6.47. The quantitative estimate of drug-likeness (QED) is 0.877. The van der Waals surface area contributed by atoms with Gasteiger partial charge in [0.25, 0.3) is 5.91 Å². The maximum absolute atomic E-state index is 12.8. The number of nitrogens with one attached hydrogen (secondary N) is 1. The number of aromatic nitrogens is 2. The number of carbonyl (C=O) groups excluding carboxylic acids is 1. The van der Waals surface area contributed by atoms with Crippen molar-refractivity contribution in [1.82, 2.24) is 9.97 Å². The number of carbonyl (C=O) groups is 1. The molecule has 2 fully saturated rings. The highest BCUT2D eigenvalue weighted by Gasteiger charge is 2.34. The Morgan fingerprint density at radius 1 is 1.08 bits per heavy atom. The van der Waals surface area contributed by atoms with Gasteiger partial charge in [0.1, 0.15) is 5.69 Å². The zero-order valence-corrected chi connectivity index (χ0v) is 15.2. The molecule has 0 saturated heterocycles. The summed E-state index contributed by atoms with van der Waals surface area (Å²) in [6.07, 6.45) is 13.2. The first-order valence-corrected chi connectivity index (χ1v) is 9.97. The second-order valence-electron chi connectivity index (χ2n) is 7.99. The van der Waals surface area contributed by atoms with Gasteiger partial charge < -0.3 is 10.7 Å². The van der Waals surface area contributed by atoms with Crippen molar-refractivity contribution in [3.63, 3.8) is 0 Å². The van der Waals surface area contributed by atoms with Crippen molar-refractivity contribution < 1.29 is 4.79 Å². The van der Waals surface area contributed by atoms with Crippen molar-refractivity contribution in [2.45, 2.75) is 63.7 Å². The fraction of sp³-hybridized carbons (Fsp3) is 0.571. The number of rotatable bonds is 3. The summed E-state index contributed by atoms with van der Waals surface area (Å²) in [4.78, 5) is 31.9.